The first kappa shape index (κ1) is 19.8. The number of hydrogen-bond donors (Lipinski definition) is 2. The monoisotopic (exact) mass is 438 g/mol. The van der Waals surface area contributed by atoms with Crippen LogP contribution in [0.25, 0.3) is 21.8 Å². The van der Waals surface area contributed by atoms with E-state index in [9.17, 15) is 14.0 Å². The first-order valence-corrected chi connectivity index (χ1v) is 10.4. The predicted octanol–water partition coefficient (Wildman–Crippen LogP) is 2.70. The lowest BCUT2D eigenvalue weighted by atomic mass is 9.94. The van der Waals surface area contributed by atoms with E-state index >= 15 is 0 Å². The van der Waals surface area contributed by atoms with Crippen LogP contribution in [0.4, 0.5) is 4.39 Å². The molecule has 9 heteroatoms. The van der Waals surface area contributed by atoms with Crippen molar-refractivity contribution in [2.45, 2.75) is 19.6 Å². The van der Waals surface area contributed by atoms with Crippen LogP contribution in [0.1, 0.15) is 33.4 Å². The van der Waals surface area contributed by atoms with Gasteiger partial charge in [-0.3, -0.25) is 9.59 Å². The SMILES string of the molecule is Cc1cc2c(=O)[nH]c3c(c2cc1F)C(N(C)C(=O)c1cc2nc(P)ccc2[nH]1)COC3. The van der Waals surface area contributed by atoms with Crippen molar-refractivity contribution in [2.75, 3.05) is 13.7 Å². The molecule has 3 aromatic heterocycles. The summed E-state index contributed by atoms with van der Waals surface area (Å²) >= 11 is 0. The van der Waals surface area contributed by atoms with Gasteiger partial charge in [0, 0.05) is 23.7 Å². The van der Waals surface area contributed by atoms with Gasteiger partial charge < -0.3 is 19.6 Å². The highest BCUT2D eigenvalue weighted by Crippen LogP contribution is 2.34. The molecule has 4 aromatic rings. The van der Waals surface area contributed by atoms with Crippen molar-refractivity contribution < 1.29 is 13.9 Å². The number of benzene rings is 1. The molecule has 4 heterocycles. The molecule has 0 spiro atoms. The average Bonchev–Trinajstić information content (AvgIpc) is 3.17. The Kier molecular flexibility index (Phi) is 4.64. The molecular formula is C22H20FN4O3P. The Hall–Kier alpha value is -3.09. The topological polar surface area (TPSA) is 91.1 Å². The molecule has 0 aliphatic carbocycles. The van der Waals surface area contributed by atoms with E-state index in [1.807, 2.05) is 12.1 Å². The fourth-order valence-electron chi connectivity index (χ4n) is 4.15. The molecule has 5 rings (SSSR count). The Morgan fingerprint density at radius 3 is 2.87 bits per heavy atom. The molecule has 7 nitrogen and oxygen atoms in total. The second kappa shape index (κ2) is 7.25. The molecule has 31 heavy (non-hydrogen) atoms. The van der Waals surface area contributed by atoms with E-state index in [1.54, 1.807) is 31.0 Å². The molecule has 0 radical (unpaired) electrons. The van der Waals surface area contributed by atoms with E-state index in [-0.39, 0.29) is 24.7 Å². The second-order valence-electron chi connectivity index (χ2n) is 7.79. The predicted molar refractivity (Wildman–Crippen MR) is 119 cm³/mol. The molecular weight excluding hydrogens is 418 g/mol. The van der Waals surface area contributed by atoms with E-state index in [1.165, 1.54) is 6.07 Å². The number of H-pyrrole nitrogens is 2. The summed E-state index contributed by atoms with van der Waals surface area (Å²) in [6, 6.07) is 7.84. The lowest BCUT2D eigenvalue weighted by molar-refractivity contribution is 0.0333. The fraction of sp³-hybridized carbons (Fsp3) is 0.227. The van der Waals surface area contributed by atoms with Gasteiger partial charge in [0.1, 0.15) is 11.5 Å². The van der Waals surface area contributed by atoms with Crippen LogP contribution in [0, 0.1) is 12.7 Å². The van der Waals surface area contributed by atoms with Crippen molar-refractivity contribution in [3.8, 4) is 0 Å². The first-order chi connectivity index (χ1) is 14.8. The number of hydrogen-bond acceptors (Lipinski definition) is 4. The largest absolute Gasteiger partial charge is 0.373 e. The van der Waals surface area contributed by atoms with Gasteiger partial charge in [0.05, 0.1) is 35.7 Å². The van der Waals surface area contributed by atoms with E-state index in [0.717, 1.165) is 11.0 Å². The van der Waals surface area contributed by atoms with Gasteiger partial charge in [-0.2, -0.15) is 0 Å². The molecule has 0 saturated heterocycles. The fourth-order valence-corrected chi connectivity index (χ4v) is 4.39. The van der Waals surface area contributed by atoms with Crippen LogP contribution in [0.3, 0.4) is 0 Å². The van der Waals surface area contributed by atoms with Crippen LogP contribution < -0.4 is 11.0 Å². The van der Waals surface area contributed by atoms with Gasteiger partial charge in [0.15, 0.2) is 0 Å². The number of likely N-dealkylation sites (N-methyl/N-ethyl adjacent to an activating group) is 1. The van der Waals surface area contributed by atoms with E-state index in [4.69, 9.17) is 4.74 Å². The molecule has 2 atom stereocenters. The van der Waals surface area contributed by atoms with Crippen LogP contribution in [-0.4, -0.2) is 39.4 Å². The van der Waals surface area contributed by atoms with Crippen molar-refractivity contribution in [1.29, 1.82) is 0 Å². The molecule has 0 saturated carbocycles. The van der Waals surface area contributed by atoms with Crippen molar-refractivity contribution in [1.82, 2.24) is 19.9 Å². The van der Waals surface area contributed by atoms with Gasteiger partial charge >= 0.3 is 0 Å². The summed E-state index contributed by atoms with van der Waals surface area (Å²) < 4.78 is 20.1. The summed E-state index contributed by atoms with van der Waals surface area (Å²) in [7, 11) is 4.21. The number of halogens is 1. The number of pyridine rings is 2. The maximum atomic E-state index is 14.4. The Morgan fingerprint density at radius 2 is 2.06 bits per heavy atom. The molecule has 0 bridgehead atoms. The van der Waals surface area contributed by atoms with Gasteiger partial charge in [0.2, 0.25) is 0 Å². The standard InChI is InChI=1S/C22H20FN4O3P/c1-10-5-12-11(6-13(10)23)20-17(26-21(12)28)8-30-9-18(20)27(2)22(29)16-7-15-14(24-16)3-4-19(31)25-15/h3-7,18,24H,8-9,31H2,1-2H3,(H,26,28). The highest BCUT2D eigenvalue weighted by atomic mass is 31.0. The highest BCUT2D eigenvalue weighted by molar-refractivity contribution is 7.26. The Balaban J connectivity index is 1.61. The number of carbonyl (C=O) groups is 1. The molecule has 1 aliphatic heterocycles. The van der Waals surface area contributed by atoms with Gasteiger partial charge in [-0.05, 0) is 48.2 Å². The summed E-state index contributed by atoms with van der Waals surface area (Å²) in [4.78, 5) is 37.8. The molecule has 0 fully saturated rings. The Morgan fingerprint density at radius 1 is 1.26 bits per heavy atom. The van der Waals surface area contributed by atoms with Crippen molar-refractivity contribution >= 4 is 42.4 Å². The summed E-state index contributed by atoms with van der Waals surface area (Å²) in [6.07, 6.45) is 0. The Labute approximate surface area is 178 Å². The van der Waals surface area contributed by atoms with Crippen molar-refractivity contribution in [3.63, 3.8) is 0 Å². The van der Waals surface area contributed by atoms with Crippen LogP contribution in [0.5, 0.6) is 0 Å². The van der Waals surface area contributed by atoms with Gasteiger partial charge in [-0.1, -0.05) is 9.24 Å². The summed E-state index contributed by atoms with van der Waals surface area (Å²) in [5.41, 5.74) is 3.98. The highest BCUT2D eigenvalue weighted by Gasteiger charge is 2.31. The van der Waals surface area contributed by atoms with Crippen LogP contribution in [-0.2, 0) is 11.3 Å². The average molecular weight is 438 g/mol. The summed E-state index contributed by atoms with van der Waals surface area (Å²) in [5.74, 6) is -0.647. The number of aromatic nitrogens is 3. The van der Waals surface area contributed by atoms with Crippen LogP contribution in [0.2, 0.25) is 0 Å². The third-order valence-electron chi connectivity index (χ3n) is 5.79. The van der Waals surface area contributed by atoms with Gasteiger partial charge in [0.25, 0.3) is 11.5 Å². The summed E-state index contributed by atoms with van der Waals surface area (Å²) in [5, 5.41) is 0.897. The number of nitrogens with one attached hydrogen (secondary N) is 2. The minimum Gasteiger partial charge on any atom is -0.373 e. The zero-order valence-electron chi connectivity index (χ0n) is 17.0. The number of ether oxygens (including phenoxy) is 1. The maximum absolute atomic E-state index is 14.4. The van der Waals surface area contributed by atoms with E-state index < -0.39 is 11.9 Å². The zero-order chi connectivity index (χ0) is 21.9. The van der Waals surface area contributed by atoms with Crippen LogP contribution >= 0.6 is 9.24 Å². The number of rotatable bonds is 2. The molecule has 1 aromatic carbocycles. The third kappa shape index (κ3) is 3.23. The van der Waals surface area contributed by atoms with Crippen molar-refractivity contribution in [2.24, 2.45) is 0 Å². The third-order valence-corrected chi connectivity index (χ3v) is 6.11. The molecule has 2 N–H and O–H groups in total. The number of aryl methyl sites for hydroxylation is 1. The van der Waals surface area contributed by atoms with Gasteiger partial charge in [-0.15, -0.1) is 0 Å². The molecule has 1 amide bonds. The van der Waals surface area contributed by atoms with Gasteiger partial charge in [-0.25, -0.2) is 9.37 Å². The minimum absolute atomic E-state index is 0.196. The Bertz CT molecular complexity index is 1430. The number of carbonyl (C=O) groups excluding carboxylic acids is 1. The van der Waals surface area contributed by atoms with Crippen LogP contribution in [0.15, 0.2) is 35.1 Å². The second-order valence-corrected chi connectivity index (χ2v) is 8.38. The zero-order valence-corrected chi connectivity index (χ0v) is 18.1. The van der Waals surface area contributed by atoms with E-state index in [2.05, 4.69) is 24.2 Å². The number of nitrogens with zero attached hydrogens (tertiary/aromatic N) is 2. The molecule has 158 valence electrons. The lowest BCUT2D eigenvalue weighted by Gasteiger charge is -2.33. The molecule has 2 unspecified atom stereocenters. The quantitative estimate of drug-likeness (QED) is 0.471. The number of amides is 1. The minimum atomic E-state index is -0.491. The lowest BCUT2D eigenvalue weighted by Crippen LogP contribution is -2.37. The van der Waals surface area contributed by atoms with E-state index in [0.29, 0.717) is 38.8 Å². The number of aromatic amines is 2. The number of fused-ring (bicyclic) bond motifs is 4. The first-order valence-electron chi connectivity index (χ1n) is 9.78. The maximum Gasteiger partial charge on any atom is 0.270 e. The van der Waals surface area contributed by atoms with Crippen molar-refractivity contribution in [3.05, 3.63) is 69.0 Å². The smallest absolute Gasteiger partial charge is 0.270 e. The molecule has 1 aliphatic rings. The summed E-state index contributed by atoms with van der Waals surface area (Å²) in [6.45, 7) is 2.05. The normalized spacial score (nSPS) is 15.9.